The Balaban J connectivity index is 0.000000481. The van der Waals surface area contributed by atoms with Gasteiger partial charge in [-0.1, -0.05) is 29.8 Å². The number of thiophene rings is 1. The second-order valence-electron chi connectivity index (χ2n) is 6.90. The number of hydrogen-bond donors (Lipinski definition) is 0. The topological polar surface area (TPSA) is 60.1 Å². The van der Waals surface area contributed by atoms with Crippen LogP contribution >= 0.6 is 11.3 Å². The van der Waals surface area contributed by atoms with E-state index in [1.165, 1.54) is 40.4 Å². The number of ketones is 1. The van der Waals surface area contributed by atoms with Crippen molar-refractivity contribution in [2.24, 2.45) is 4.99 Å². The molecule has 4 rings (SSSR count). The number of Topliss-reactive ketones (excluding diaryl/α,β-unsaturated/α-hetero) is 1. The SMILES string of the molecule is CC(C)=O.Cc1ccc(C2=NCc3nnc(C)n3-c3sc(C)c(C)c32)cc1. The van der Waals surface area contributed by atoms with Gasteiger partial charge in [0, 0.05) is 16.0 Å². The molecule has 0 atom stereocenters. The standard InChI is InChI=1S/C18H18N4S.C3H6O/c1-10-5-7-14(8-6-10)17-16-11(2)12(3)23-18(16)22-13(4)20-21-15(22)9-19-17;1-3(2)4/h5-8H,9H2,1-4H3;1-2H3. The van der Waals surface area contributed by atoms with Crippen LogP contribution in [-0.4, -0.2) is 26.3 Å². The molecule has 0 N–H and O–H groups in total. The zero-order valence-corrected chi connectivity index (χ0v) is 17.4. The summed E-state index contributed by atoms with van der Waals surface area (Å²) >= 11 is 1.80. The van der Waals surface area contributed by atoms with Crippen LogP contribution in [0, 0.1) is 27.7 Å². The van der Waals surface area contributed by atoms with Gasteiger partial charge in [-0.3, -0.25) is 9.56 Å². The molecule has 0 saturated carbocycles. The summed E-state index contributed by atoms with van der Waals surface area (Å²) in [5, 5.41) is 9.74. The van der Waals surface area contributed by atoms with Gasteiger partial charge in [0.15, 0.2) is 5.82 Å². The van der Waals surface area contributed by atoms with Crippen LogP contribution < -0.4 is 0 Å². The van der Waals surface area contributed by atoms with Gasteiger partial charge in [0.25, 0.3) is 0 Å². The van der Waals surface area contributed by atoms with Gasteiger partial charge < -0.3 is 4.79 Å². The Labute approximate surface area is 163 Å². The summed E-state index contributed by atoms with van der Waals surface area (Å²) in [6.45, 7) is 12.1. The summed E-state index contributed by atoms with van der Waals surface area (Å²) in [4.78, 5) is 15.7. The van der Waals surface area contributed by atoms with Crippen LogP contribution in [0.2, 0.25) is 0 Å². The third-order valence-corrected chi connectivity index (χ3v) is 5.59. The minimum atomic E-state index is 0.167. The Hall–Kier alpha value is -2.60. The smallest absolute Gasteiger partial charge is 0.160 e. The van der Waals surface area contributed by atoms with E-state index in [4.69, 9.17) is 4.99 Å². The Morgan fingerprint density at radius 1 is 1.04 bits per heavy atom. The molecule has 1 aliphatic rings. The fourth-order valence-corrected chi connectivity index (χ4v) is 4.22. The zero-order valence-electron chi connectivity index (χ0n) is 16.6. The van der Waals surface area contributed by atoms with Crippen molar-refractivity contribution in [3.63, 3.8) is 0 Å². The minimum Gasteiger partial charge on any atom is -0.300 e. The second kappa shape index (κ2) is 7.56. The van der Waals surface area contributed by atoms with Crippen molar-refractivity contribution in [1.29, 1.82) is 0 Å². The summed E-state index contributed by atoms with van der Waals surface area (Å²) in [7, 11) is 0. The summed E-state index contributed by atoms with van der Waals surface area (Å²) in [5.74, 6) is 2.00. The molecule has 0 unspecified atom stereocenters. The van der Waals surface area contributed by atoms with Gasteiger partial charge in [0.2, 0.25) is 0 Å². The molecule has 140 valence electrons. The number of nitrogens with zero attached hydrogens (tertiary/aromatic N) is 4. The molecular weight excluding hydrogens is 356 g/mol. The monoisotopic (exact) mass is 380 g/mol. The highest BCUT2D eigenvalue weighted by molar-refractivity contribution is 7.15. The molecule has 3 aromatic rings. The molecule has 0 fully saturated rings. The normalized spacial score (nSPS) is 12.3. The molecule has 0 saturated heterocycles. The van der Waals surface area contributed by atoms with Crippen LogP contribution in [0.3, 0.4) is 0 Å². The molecule has 0 aliphatic carbocycles. The molecule has 5 nitrogen and oxygen atoms in total. The first-order valence-electron chi connectivity index (χ1n) is 8.90. The Kier molecular flexibility index (Phi) is 5.37. The number of carbonyl (C=O) groups excluding carboxylic acids is 1. The van der Waals surface area contributed by atoms with Crippen molar-refractivity contribution in [2.45, 2.75) is 48.1 Å². The molecule has 0 amide bonds. The van der Waals surface area contributed by atoms with E-state index in [2.05, 4.69) is 59.8 Å². The van der Waals surface area contributed by atoms with Crippen LogP contribution in [0.15, 0.2) is 29.3 Å². The Bertz CT molecular complexity index is 1020. The maximum atomic E-state index is 9.44. The maximum absolute atomic E-state index is 9.44. The van der Waals surface area contributed by atoms with Gasteiger partial charge in [-0.25, -0.2) is 0 Å². The van der Waals surface area contributed by atoms with Crippen LogP contribution in [0.1, 0.15) is 52.6 Å². The van der Waals surface area contributed by atoms with Crippen LogP contribution in [-0.2, 0) is 11.3 Å². The summed E-state index contributed by atoms with van der Waals surface area (Å²) < 4.78 is 2.16. The van der Waals surface area contributed by atoms with Crippen molar-refractivity contribution in [3.05, 3.63) is 63.0 Å². The number of aryl methyl sites for hydroxylation is 3. The molecule has 1 aliphatic heterocycles. The summed E-state index contributed by atoms with van der Waals surface area (Å²) in [6.07, 6.45) is 0. The van der Waals surface area contributed by atoms with Gasteiger partial charge in [-0.15, -0.1) is 21.5 Å². The first kappa shape index (κ1) is 19.2. The van der Waals surface area contributed by atoms with E-state index in [1.807, 2.05) is 6.92 Å². The molecule has 0 bridgehead atoms. The lowest BCUT2D eigenvalue weighted by molar-refractivity contribution is -0.114. The minimum absolute atomic E-state index is 0.167. The Morgan fingerprint density at radius 2 is 1.67 bits per heavy atom. The number of fused-ring (bicyclic) bond motifs is 3. The lowest BCUT2D eigenvalue weighted by Crippen LogP contribution is -2.07. The van der Waals surface area contributed by atoms with E-state index >= 15 is 0 Å². The lowest BCUT2D eigenvalue weighted by atomic mass is 9.99. The van der Waals surface area contributed by atoms with Gasteiger partial charge in [-0.05, 0) is 47.1 Å². The van der Waals surface area contributed by atoms with E-state index < -0.39 is 0 Å². The highest BCUT2D eigenvalue weighted by Crippen LogP contribution is 2.36. The molecule has 3 heterocycles. The molecule has 0 spiro atoms. The van der Waals surface area contributed by atoms with E-state index in [1.54, 1.807) is 11.3 Å². The van der Waals surface area contributed by atoms with Crippen molar-refractivity contribution < 1.29 is 4.79 Å². The first-order valence-corrected chi connectivity index (χ1v) is 9.71. The van der Waals surface area contributed by atoms with Crippen LogP contribution in [0.4, 0.5) is 0 Å². The highest BCUT2D eigenvalue weighted by Gasteiger charge is 2.26. The second-order valence-corrected chi connectivity index (χ2v) is 8.10. The number of hydrogen-bond acceptors (Lipinski definition) is 5. The third kappa shape index (κ3) is 3.76. The zero-order chi connectivity index (χ0) is 19.7. The van der Waals surface area contributed by atoms with Crippen LogP contribution in [0.5, 0.6) is 0 Å². The van der Waals surface area contributed by atoms with Crippen molar-refractivity contribution in [2.75, 3.05) is 0 Å². The molecule has 27 heavy (non-hydrogen) atoms. The quantitative estimate of drug-likeness (QED) is 0.624. The molecule has 1 aromatic carbocycles. The van der Waals surface area contributed by atoms with Crippen molar-refractivity contribution in [3.8, 4) is 5.00 Å². The number of carbonyl (C=O) groups is 1. The van der Waals surface area contributed by atoms with Gasteiger partial charge in [0.1, 0.15) is 23.2 Å². The van der Waals surface area contributed by atoms with Crippen LogP contribution in [0.25, 0.3) is 5.00 Å². The predicted molar refractivity (Wildman–Crippen MR) is 110 cm³/mol. The average molecular weight is 381 g/mol. The summed E-state index contributed by atoms with van der Waals surface area (Å²) in [6, 6.07) is 8.60. The summed E-state index contributed by atoms with van der Waals surface area (Å²) in [5.41, 5.74) is 6.00. The van der Waals surface area contributed by atoms with E-state index in [0.29, 0.717) is 6.54 Å². The largest absolute Gasteiger partial charge is 0.300 e. The molecule has 2 aromatic heterocycles. The highest BCUT2D eigenvalue weighted by atomic mass is 32.1. The fraction of sp³-hybridized carbons (Fsp3) is 0.333. The van der Waals surface area contributed by atoms with E-state index in [0.717, 1.165) is 22.9 Å². The number of aliphatic imine (C=N–C) groups is 1. The predicted octanol–water partition coefficient (Wildman–Crippen LogP) is 4.51. The van der Waals surface area contributed by atoms with Gasteiger partial charge in [0.05, 0.1) is 5.71 Å². The molecular formula is C21H24N4OS. The van der Waals surface area contributed by atoms with E-state index in [9.17, 15) is 4.79 Å². The van der Waals surface area contributed by atoms with E-state index in [-0.39, 0.29) is 5.78 Å². The number of aromatic nitrogens is 3. The third-order valence-electron chi connectivity index (χ3n) is 4.40. The lowest BCUT2D eigenvalue weighted by Gasteiger charge is -2.09. The van der Waals surface area contributed by atoms with Gasteiger partial charge >= 0.3 is 0 Å². The Morgan fingerprint density at radius 3 is 2.30 bits per heavy atom. The van der Waals surface area contributed by atoms with Crippen molar-refractivity contribution in [1.82, 2.24) is 14.8 Å². The van der Waals surface area contributed by atoms with Gasteiger partial charge in [-0.2, -0.15) is 0 Å². The maximum Gasteiger partial charge on any atom is 0.160 e. The number of rotatable bonds is 1. The molecule has 0 radical (unpaired) electrons. The molecule has 6 heteroatoms. The fourth-order valence-electron chi connectivity index (χ4n) is 2.99. The average Bonchev–Trinajstić information content (AvgIpc) is 3.04. The number of benzene rings is 1. The van der Waals surface area contributed by atoms with Crippen molar-refractivity contribution >= 4 is 22.8 Å². The first-order chi connectivity index (χ1) is 12.8.